The Bertz CT molecular complexity index is 602. The first-order valence-corrected chi connectivity index (χ1v) is 8.75. The number of hydrogen-bond acceptors (Lipinski definition) is 5. The van der Waals surface area contributed by atoms with E-state index in [2.05, 4.69) is 5.32 Å². The molecule has 1 aliphatic carbocycles. The first-order valence-electron chi connectivity index (χ1n) is 8.75. The van der Waals surface area contributed by atoms with Crippen LogP contribution in [0.15, 0.2) is 24.3 Å². The van der Waals surface area contributed by atoms with Gasteiger partial charge in [0.25, 0.3) is 0 Å². The number of methoxy groups -OCH3 is 1. The quantitative estimate of drug-likeness (QED) is 0.730. The Hall–Kier alpha value is -1.92. The summed E-state index contributed by atoms with van der Waals surface area (Å²) in [5.41, 5.74) is -1.24. The number of carbonyl (C=O) groups is 2. The van der Waals surface area contributed by atoms with Crippen molar-refractivity contribution >= 4 is 11.7 Å². The Kier molecular flexibility index (Phi) is 6.56. The van der Waals surface area contributed by atoms with Gasteiger partial charge in [0.15, 0.2) is 5.78 Å². The number of aliphatic hydroxyl groups is 1. The molecule has 0 aromatic heterocycles. The Balaban J connectivity index is 2.23. The van der Waals surface area contributed by atoms with Gasteiger partial charge in [-0.05, 0) is 44.2 Å². The molecule has 2 atom stereocenters. The molecular weight excluding hydrogens is 320 g/mol. The van der Waals surface area contributed by atoms with Gasteiger partial charge in [-0.2, -0.15) is 0 Å². The maximum atomic E-state index is 13.0. The monoisotopic (exact) mass is 348 g/mol. The van der Waals surface area contributed by atoms with Crippen LogP contribution in [0.4, 0.5) is 0 Å². The number of Topliss-reactive ketones (excluding diaryl/α,β-unsaturated/α-hetero) is 1. The first kappa shape index (κ1) is 19.4. The van der Waals surface area contributed by atoms with Gasteiger partial charge in [-0.1, -0.05) is 12.8 Å². The van der Waals surface area contributed by atoms with E-state index in [-0.39, 0.29) is 11.7 Å². The Morgan fingerprint density at radius 1 is 1.32 bits per heavy atom. The number of amides is 1. The molecule has 0 bridgehead atoms. The number of rotatable bonds is 7. The fourth-order valence-electron chi connectivity index (χ4n) is 3.40. The summed E-state index contributed by atoms with van der Waals surface area (Å²) in [6.07, 6.45) is 2.42. The zero-order valence-corrected chi connectivity index (χ0v) is 15.2. The van der Waals surface area contributed by atoms with Crippen molar-refractivity contribution in [1.82, 2.24) is 10.2 Å². The van der Waals surface area contributed by atoms with Gasteiger partial charge in [0, 0.05) is 25.7 Å². The summed E-state index contributed by atoms with van der Waals surface area (Å²) in [5, 5.41) is 14.2. The Labute approximate surface area is 149 Å². The van der Waals surface area contributed by atoms with E-state index in [9.17, 15) is 14.7 Å². The maximum Gasteiger partial charge on any atom is 0.228 e. The van der Waals surface area contributed by atoms with Crippen molar-refractivity contribution in [3.05, 3.63) is 29.8 Å². The third-order valence-corrected chi connectivity index (χ3v) is 4.99. The molecule has 0 spiro atoms. The van der Waals surface area contributed by atoms with Crippen molar-refractivity contribution in [3.63, 3.8) is 0 Å². The highest BCUT2D eigenvalue weighted by atomic mass is 16.5. The van der Waals surface area contributed by atoms with Crippen LogP contribution in [0.5, 0.6) is 5.75 Å². The van der Waals surface area contributed by atoms with E-state index in [4.69, 9.17) is 4.74 Å². The molecule has 0 radical (unpaired) electrons. The average Bonchev–Trinajstić information content (AvgIpc) is 2.65. The highest BCUT2D eigenvalue weighted by molar-refractivity contribution is 6.05. The molecule has 2 N–H and O–H groups in total. The summed E-state index contributed by atoms with van der Waals surface area (Å²) in [4.78, 5) is 27.4. The third-order valence-electron chi connectivity index (χ3n) is 4.99. The van der Waals surface area contributed by atoms with Crippen molar-refractivity contribution < 1.29 is 19.4 Å². The summed E-state index contributed by atoms with van der Waals surface area (Å²) < 4.78 is 5.11. The van der Waals surface area contributed by atoms with Crippen molar-refractivity contribution in [2.75, 3.05) is 34.3 Å². The highest BCUT2D eigenvalue weighted by Gasteiger charge is 2.49. The van der Waals surface area contributed by atoms with Crippen molar-refractivity contribution in [2.24, 2.45) is 5.92 Å². The van der Waals surface area contributed by atoms with Gasteiger partial charge in [0.2, 0.25) is 5.91 Å². The molecule has 0 heterocycles. The van der Waals surface area contributed by atoms with E-state index in [0.29, 0.717) is 37.2 Å². The van der Waals surface area contributed by atoms with Crippen LogP contribution in [0, 0.1) is 5.92 Å². The molecule has 6 heteroatoms. The largest absolute Gasteiger partial charge is 0.497 e. The number of hydrogen-bond donors (Lipinski definition) is 2. The number of carbonyl (C=O) groups excluding carboxylic acids is 2. The zero-order chi connectivity index (χ0) is 18.4. The van der Waals surface area contributed by atoms with Gasteiger partial charge in [-0.3, -0.25) is 9.59 Å². The molecule has 1 aromatic rings. The molecule has 138 valence electrons. The number of nitrogens with zero attached hydrogens (tertiary/aromatic N) is 1. The predicted molar refractivity (Wildman–Crippen MR) is 95.8 cm³/mol. The number of ketones is 1. The van der Waals surface area contributed by atoms with Crippen LogP contribution in [0.3, 0.4) is 0 Å². The average molecular weight is 348 g/mol. The summed E-state index contributed by atoms with van der Waals surface area (Å²) in [5.74, 6) is -0.598. The molecule has 1 fully saturated rings. The van der Waals surface area contributed by atoms with Crippen LogP contribution >= 0.6 is 0 Å². The molecule has 0 saturated heterocycles. The van der Waals surface area contributed by atoms with E-state index in [1.54, 1.807) is 43.3 Å². The van der Waals surface area contributed by atoms with Crippen molar-refractivity contribution in [3.8, 4) is 5.75 Å². The fourth-order valence-corrected chi connectivity index (χ4v) is 3.40. The number of likely N-dealkylation sites (N-methyl/N-ethyl adjacent to an activating group) is 2. The van der Waals surface area contributed by atoms with Gasteiger partial charge >= 0.3 is 0 Å². The Morgan fingerprint density at radius 3 is 2.60 bits per heavy atom. The predicted octanol–water partition coefficient (Wildman–Crippen LogP) is 1.48. The van der Waals surface area contributed by atoms with Gasteiger partial charge in [0.05, 0.1) is 13.0 Å². The lowest BCUT2D eigenvalue weighted by Gasteiger charge is -2.39. The van der Waals surface area contributed by atoms with E-state index in [1.165, 1.54) is 0 Å². The highest BCUT2D eigenvalue weighted by Crippen LogP contribution is 2.37. The number of ether oxygens (including phenoxy) is 1. The van der Waals surface area contributed by atoms with Gasteiger partial charge in [-0.15, -0.1) is 0 Å². The fraction of sp³-hybridized carbons (Fsp3) is 0.579. The minimum atomic E-state index is -1.64. The third kappa shape index (κ3) is 4.19. The topological polar surface area (TPSA) is 78.9 Å². The molecule has 25 heavy (non-hydrogen) atoms. The van der Waals surface area contributed by atoms with E-state index in [0.717, 1.165) is 12.8 Å². The second-order valence-corrected chi connectivity index (χ2v) is 6.64. The lowest BCUT2D eigenvalue weighted by molar-refractivity contribution is -0.144. The molecule has 1 saturated carbocycles. The second kappa shape index (κ2) is 8.45. The van der Waals surface area contributed by atoms with Crippen molar-refractivity contribution in [2.45, 2.75) is 31.3 Å². The maximum absolute atomic E-state index is 13.0. The van der Waals surface area contributed by atoms with Gasteiger partial charge in [0.1, 0.15) is 11.4 Å². The van der Waals surface area contributed by atoms with Crippen LogP contribution in [-0.2, 0) is 4.79 Å². The first-order chi connectivity index (χ1) is 11.9. The smallest absolute Gasteiger partial charge is 0.228 e. The van der Waals surface area contributed by atoms with E-state index >= 15 is 0 Å². The van der Waals surface area contributed by atoms with Crippen LogP contribution < -0.4 is 10.1 Å². The molecule has 1 aromatic carbocycles. The molecule has 2 rings (SSSR count). The van der Waals surface area contributed by atoms with Gasteiger partial charge < -0.3 is 20.1 Å². The summed E-state index contributed by atoms with van der Waals surface area (Å²) in [7, 11) is 5.09. The minimum absolute atomic E-state index is 0.167. The van der Waals surface area contributed by atoms with Crippen LogP contribution in [-0.4, -0.2) is 61.6 Å². The second-order valence-electron chi connectivity index (χ2n) is 6.64. The normalized spacial score (nSPS) is 23.1. The summed E-state index contributed by atoms with van der Waals surface area (Å²) >= 11 is 0. The molecule has 1 amide bonds. The standard InChI is InChI=1S/C19H28N2O4/c1-20-12-13-21(2)18(23)16-6-4-5-11-19(16,24)17(22)14-7-9-15(25-3)10-8-14/h7-10,16,20,24H,4-6,11-13H2,1-3H3. The van der Waals surface area contributed by atoms with E-state index in [1.807, 2.05) is 7.05 Å². The van der Waals surface area contributed by atoms with Crippen LogP contribution in [0.2, 0.25) is 0 Å². The molecule has 2 unspecified atom stereocenters. The SMILES string of the molecule is CNCCN(C)C(=O)C1CCCCC1(O)C(=O)c1ccc(OC)cc1. The summed E-state index contributed by atoms with van der Waals surface area (Å²) in [6, 6.07) is 6.66. The molecule has 1 aliphatic rings. The summed E-state index contributed by atoms with van der Waals surface area (Å²) in [6.45, 7) is 1.21. The molecule has 6 nitrogen and oxygen atoms in total. The van der Waals surface area contributed by atoms with Crippen LogP contribution in [0.25, 0.3) is 0 Å². The Morgan fingerprint density at radius 2 is 2.00 bits per heavy atom. The molecular formula is C19H28N2O4. The number of nitrogens with one attached hydrogen (secondary N) is 1. The van der Waals surface area contributed by atoms with Gasteiger partial charge in [-0.25, -0.2) is 0 Å². The lowest BCUT2D eigenvalue weighted by atomic mass is 9.71. The molecule has 0 aliphatic heterocycles. The van der Waals surface area contributed by atoms with Crippen LogP contribution in [0.1, 0.15) is 36.0 Å². The zero-order valence-electron chi connectivity index (χ0n) is 15.2. The van der Waals surface area contributed by atoms with Crippen molar-refractivity contribution in [1.29, 1.82) is 0 Å². The number of benzene rings is 1. The van der Waals surface area contributed by atoms with E-state index < -0.39 is 11.5 Å². The minimum Gasteiger partial charge on any atom is -0.497 e. The lowest BCUT2D eigenvalue weighted by Crippen LogP contribution is -2.54.